The molecule has 2 aromatic rings. The zero-order chi connectivity index (χ0) is 12.3. The number of aromatic nitrogens is 2. The Morgan fingerprint density at radius 3 is 2.88 bits per heavy atom. The molecule has 1 aromatic heterocycles. The highest BCUT2D eigenvalue weighted by Crippen LogP contribution is 2.37. The minimum absolute atomic E-state index is 0.0819. The molecule has 2 N–H and O–H groups in total. The van der Waals surface area contributed by atoms with Crippen LogP contribution < -0.4 is 10.5 Å². The van der Waals surface area contributed by atoms with Gasteiger partial charge in [0.2, 0.25) is 0 Å². The van der Waals surface area contributed by atoms with Gasteiger partial charge in [-0.05, 0) is 30.6 Å². The molecule has 17 heavy (non-hydrogen) atoms. The highest BCUT2D eigenvalue weighted by molar-refractivity contribution is 8.01. The first-order valence-corrected chi connectivity index (χ1v) is 6.68. The van der Waals surface area contributed by atoms with E-state index in [2.05, 4.69) is 9.36 Å². The molecule has 0 bridgehead atoms. The second-order valence-corrected chi connectivity index (χ2v) is 5.54. The second kappa shape index (κ2) is 5.48. The van der Waals surface area contributed by atoms with E-state index in [1.165, 1.54) is 11.5 Å². The summed E-state index contributed by atoms with van der Waals surface area (Å²) in [7, 11) is 1.65. The summed E-state index contributed by atoms with van der Waals surface area (Å²) < 4.78 is 10.2. The van der Waals surface area contributed by atoms with Crippen molar-refractivity contribution in [3.05, 3.63) is 30.1 Å². The number of methoxy groups -OCH3 is 1. The molecule has 0 unspecified atom stereocenters. The molecule has 6 heteroatoms. The molecule has 0 fully saturated rings. The lowest BCUT2D eigenvalue weighted by Gasteiger charge is -2.15. The monoisotopic (exact) mass is 267 g/mol. The smallest absolute Gasteiger partial charge is 0.174 e. The largest absolute Gasteiger partial charge is 0.496 e. The maximum Gasteiger partial charge on any atom is 0.174 e. The SMILES string of the molecule is COc1cccc(Sc2ncns2)c1[C@H](C)N. The van der Waals surface area contributed by atoms with E-state index in [-0.39, 0.29) is 6.04 Å². The van der Waals surface area contributed by atoms with Crippen molar-refractivity contribution in [2.45, 2.75) is 22.2 Å². The summed E-state index contributed by atoms with van der Waals surface area (Å²) >= 11 is 2.94. The van der Waals surface area contributed by atoms with Gasteiger partial charge in [0.05, 0.1) is 7.11 Å². The van der Waals surface area contributed by atoms with Crippen LogP contribution in [0.1, 0.15) is 18.5 Å². The predicted octanol–water partition coefficient (Wildman–Crippen LogP) is 2.72. The van der Waals surface area contributed by atoms with Crippen molar-refractivity contribution < 1.29 is 4.74 Å². The number of hydrogen-bond donors (Lipinski definition) is 1. The molecule has 0 aliphatic rings. The van der Waals surface area contributed by atoms with Crippen molar-refractivity contribution in [1.82, 2.24) is 9.36 Å². The van der Waals surface area contributed by atoms with Gasteiger partial charge in [-0.2, -0.15) is 4.37 Å². The van der Waals surface area contributed by atoms with Crippen molar-refractivity contribution in [1.29, 1.82) is 0 Å². The van der Waals surface area contributed by atoms with Crippen molar-refractivity contribution in [2.75, 3.05) is 7.11 Å². The van der Waals surface area contributed by atoms with Crippen molar-refractivity contribution in [3.63, 3.8) is 0 Å². The Bertz CT molecular complexity index is 485. The molecule has 1 heterocycles. The molecule has 0 aliphatic heterocycles. The van der Waals surface area contributed by atoms with E-state index in [1.54, 1.807) is 25.2 Å². The predicted molar refractivity (Wildman–Crippen MR) is 69.6 cm³/mol. The molecule has 0 saturated carbocycles. The lowest BCUT2D eigenvalue weighted by Crippen LogP contribution is -2.08. The normalized spacial score (nSPS) is 12.4. The van der Waals surface area contributed by atoms with E-state index in [0.717, 1.165) is 20.5 Å². The average Bonchev–Trinajstić information content (AvgIpc) is 2.81. The molecular formula is C11H13N3OS2. The van der Waals surface area contributed by atoms with E-state index in [4.69, 9.17) is 10.5 Å². The number of benzene rings is 1. The number of hydrogen-bond acceptors (Lipinski definition) is 6. The van der Waals surface area contributed by atoms with E-state index < -0.39 is 0 Å². The van der Waals surface area contributed by atoms with Crippen LogP contribution in [0.25, 0.3) is 0 Å². The van der Waals surface area contributed by atoms with Crippen molar-refractivity contribution in [2.24, 2.45) is 5.73 Å². The average molecular weight is 267 g/mol. The van der Waals surface area contributed by atoms with Crippen LogP contribution in [0.4, 0.5) is 0 Å². The molecule has 90 valence electrons. The number of nitrogens with zero attached hydrogens (tertiary/aromatic N) is 2. The third-order valence-electron chi connectivity index (χ3n) is 2.24. The summed E-state index contributed by atoms with van der Waals surface area (Å²) in [5, 5.41) is 0. The fourth-order valence-electron chi connectivity index (χ4n) is 1.54. The number of rotatable bonds is 4. The van der Waals surface area contributed by atoms with Crippen LogP contribution in [0.2, 0.25) is 0 Å². The molecule has 0 saturated heterocycles. The van der Waals surface area contributed by atoms with Crippen LogP contribution in [0.5, 0.6) is 5.75 Å². The maximum atomic E-state index is 5.99. The first-order chi connectivity index (χ1) is 8.22. The summed E-state index contributed by atoms with van der Waals surface area (Å²) in [4.78, 5) is 5.22. The van der Waals surface area contributed by atoms with Crippen LogP contribution in [0, 0.1) is 0 Å². The van der Waals surface area contributed by atoms with Crippen molar-refractivity contribution in [3.8, 4) is 5.75 Å². The first-order valence-electron chi connectivity index (χ1n) is 5.09. The Balaban J connectivity index is 2.39. The Labute approximate surface area is 108 Å². The molecule has 2 rings (SSSR count). The van der Waals surface area contributed by atoms with Gasteiger partial charge in [-0.25, -0.2) is 4.98 Å². The standard InChI is InChI=1S/C11H13N3OS2/c1-7(12)10-8(15-2)4-3-5-9(10)16-11-13-6-14-17-11/h3-7H,12H2,1-2H3/t7-/m0/s1. The van der Waals surface area contributed by atoms with E-state index >= 15 is 0 Å². The maximum absolute atomic E-state index is 5.99. The van der Waals surface area contributed by atoms with E-state index in [9.17, 15) is 0 Å². The topological polar surface area (TPSA) is 61.0 Å². The van der Waals surface area contributed by atoms with E-state index in [1.807, 2.05) is 25.1 Å². The Hall–Kier alpha value is -1.11. The Kier molecular flexibility index (Phi) is 3.98. The molecule has 1 aromatic carbocycles. The lowest BCUT2D eigenvalue weighted by atomic mass is 10.1. The van der Waals surface area contributed by atoms with E-state index in [0.29, 0.717) is 0 Å². The van der Waals surface area contributed by atoms with Crippen LogP contribution in [0.15, 0.2) is 33.8 Å². The first kappa shape index (κ1) is 12.3. The van der Waals surface area contributed by atoms with Gasteiger partial charge in [0.25, 0.3) is 0 Å². The van der Waals surface area contributed by atoms with Gasteiger partial charge in [0.1, 0.15) is 12.1 Å². The highest BCUT2D eigenvalue weighted by Gasteiger charge is 2.14. The lowest BCUT2D eigenvalue weighted by molar-refractivity contribution is 0.405. The number of nitrogens with two attached hydrogens (primary N) is 1. The third-order valence-corrected chi connectivity index (χ3v) is 4.03. The minimum Gasteiger partial charge on any atom is -0.496 e. The molecule has 4 nitrogen and oxygen atoms in total. The van der Waals surface area contributed by atoms with Crippen LogP contribution in [-0.4, -0.2) is 16.5 Å². The van der Waals surface area contributed by atoms with Gasteiger partial charge in [-0.3, -0.25) is 0 Å². The third kappa shape index (κ3) is 2.77. The highest BCUT2D eigenvalue weighted by atomic mass is 32.2. The van der Waals surface area contributed by atoms with Crippen LogP contribution in [0.3, 0.4) is 0 Å². The van der Waals surface area contributed by atoms with Gasteiger partial charge in [0, 0.05) is 16.5 Å². The fourth-order valence-corrected chi connectivity index (χ4v) is 3.20. The number of ether oxygens (including phenoxy) is 1. The fraction of sp³-hybridized carbons (Fsp3) is 0.273. The molecule has 0 aliphatic carbocycles. The molecule has 1 atom stereocenters. The zero-order valence-electron chi connectivity index (χ0n) is 9.58. The van der Waals surface area contributed by atoms with Gasteiger partial charge in [-0.1, -0.05) is 17.8 Å². The summed E-state index contributed by atoms with van der Waals surface area (Å²) in [5.74, 6) is 0.814. The van der Waals surface area contributed by atoms with Crippen molar-refractivity contribution >= 4 is 23.3 Å². The Morgan fingerprint density at radius 2 is 2.29 bits per heavy atom. The summed E-state index contributed by atoms with van der Waals surface area (Å²) in [5.41, 5.74) is 7.00. The van der Waals surface area contributed by atoms with Crippen LogP contribution in [-0.2, 0) is 0 Å². The summed E-state index contributed by atoms with van der Waals surface area (Å²) in [6.45, 7) is 1.95. The molecule has 0 radical (unpaired) electrons. The molecular weight excluding hydrogens is 254 g/mol. The van der Waals surface area contributed by atoms with Gasteiger partial charge in [-0.15, -0.1) is 0 Å². The minimum atomic E-state index is -0.0819. The second-order valence-electron chi connectivity index (χ2n) is 3.47. The van der Waals surface area contributed by atoms with Gasteiger partial charge < -0.3 is 10.5 Å². The van der Waals surface area contributed by atoms with Crippen LogP contribution >= 0.6 is 23.3 Å². The quantitative estimate of drug-likeness (QED) is 0.923. The molecule has 0 spiro atoms. The summed E-state index contributed by atoms with van der Waals surface area (Å²) in [6.07, 6.45) is 1.55. The summed E-state index contributed by atoms with van der Waals surface area (Å²) in [6, 6.07) is 5.81. The Morgan fingerprint density at radius 1 is 1.47 bits per heavy atom. The zero-order valence-corrected chi connectivity index (χ0v) is 11.2. The van der Waals surface area contributed by atoms with Gasteiger partial charge >= 0.3 is 0 Å². The molecule has 0 amide bonds. The van der Waals surface area contributed by atoms with Gasteiger partial charge in [0.15, 0.2) is 4.34 Å².